The molecule has 0 aliphatic heterocycles. The maximum atomic E-state index is 6.06. The molecule has 0 unspecified atom stereocenters. The summed E-state index contributed by atoms with van der Waals surface area (Å²) in [6.45, 7) is 2.03. The van der Waals surface area contributed by atoms with Gasteiger partial charge >= 0.3 is 0 Å². The van der Waals surface area contributed by atoms with E-state index < -0.39 is 0 Å². The monoisotopic (exact) mass is 242 g/mol. The first kappa shape index (κ1) is 10.4. The van der Waals surface area contributed by atoms with Crippen molar-refractivity contribution in [3.63, 3.8) is 0 Å². The van der Waals surface area contributed by atoms with Crippen LogP contribution in [0.5, 0.6) is 0 Å². The predicted octanol–water partition coefficient (Wildman–Crippen LogP) is 4.19. The average Bonchev–Trinajstić information content (AvgIpc) is 2.71. The van der Waals surface area contributed by atoms with Gasteiger partial charge in [0.2, 0.25) is 0 Å². The molecular weight excluding hydrogens is 232 g/mol. The molecule has 0 bridgehead atoms. The summed E-state index contributed by atoms with van der Waals surface area (Å²) in [4.78, 5) is 7.85. The Balaban J connectivity index is 2.20. The quantitative estimate of drug-likeness (QED) is 0.681. The number of halogens is 1. The number of rotatable bonds is 1. The molecule has 0 aliphatic carbocycles. The van der Waals surface area contributed by atoms with Gasteiger partial charge in [-0.3, -0.25) is 0 Å². The first-order valence-electron chi connectivity index (χ1n) is 5.45. The van der Waals surface area contributed by atoms with Gasteiger partial charge in [-0.15, -0.1) is 0 Å². The third-order valence-electron chi connectivity index (χ3n) is 2.70. The number of H-pyrrole nitrogens is 1. The van der Waals surface area contributed by atoms with Crippen molar-refractivity contribution in [3.05, 3.63) is 53.1 Å². The summed E-state index contributed by atoms with van der Waals surface area (Å²) in [5, 5.41) is 0.737. The van der Waals surface area contributed by atoms with Gasteiger partial charge in [0.15, 0.2) is 0 Å². The van der Waals surface area contributed by atoms with E-state index in [1.54, 1.807) is 0 Å². The molecule has 3 heteroatoms. The number of nitrogens with one attached hydrogen (secondary N) is 1. The minimum atomic E-state index is 0.737. The van der Waals surface area contributed by atoms with E-state index in [2.05, 4.69) is 16.0 Å². The summed E-state index contributed by atoms with van der Waals surface area (Å²) < 4.78 is 0. The van der Waals surface area contributed by atoms with Gasteiger partial charge in [-0.2, -0.15) is 0 Å². The smallest absolute Gasteiger partial charge is 0.138 e. The molecule has 0 saturated heterocycles. The number of aromatic nitrogens is 2. The summed E-state index contributed by atoms with van der Waals surface area (Å²) in [5.74, 6) is 0.858. The second kappa shape index (κ2) is 3.90. The van der Waals surface area contributed by atoms with Crippen LogP contribution in [0, 0.1) is 6.92 Å². The van der Waals surface area contributed by atoms with E-state index in [9.17, 15) is 0 Å². The lowest BCUT2D eigenvalue weighted by Crippen LogP contribution is -1.82. The number of nitrogens with zero attached hydrogens (tertiary/aromatic N) is 1. The first-order valence-corrected chi connectivity index (χ1v) is 5.82. The van der Waals surface area contributed by atoms with Gasteiger partial charge in [-0.1, -0.05) is 23.7 Å². The maximum absolute atomic E-state index is 6.06. The Labute approximate surface area is 104 Å². The molecule has 17 heavy (non-hydrogen) atoms. The van der Waals surface area contributed by atoms with Crippen LogP contribution in [-0.4, -0.2) is 9.97 Å². The first-order chi connectivity index (χ1) is 8.22. The Hall–Kier alpha value is -1.80. The van der Waals surface area contributed by atoms with Crippen LogP contribution in [0.25, 0.3) is 22.4 Å². The molecule has 0 radical (unpaired) electrons. The van der Waals surface area contributed by atoms with Crippen molar-refractivity contribution < 1.29 is 0 Å². The summed E-state index contributed by atoms with van der Waals surface area (Å²) in [5.41, 5.74) is 4.17. The van der Waals surface area contributed by atoms with Gasteiger partial charge < -0.3 is 4.98 Å². The molecule has 1 heterocycles. The third kappa shape index (κ3) is 1.92. The molecule has 0 saturated carbocycles. The predicted molar refractivity (Wildman–Crippen MR) is 71.3 cm³/mol. The molecule has 2 aromatic carbocycles. The van der Waals surface area contributed by atoms with Crippen molar-refractivity contribution >= 4 is 22.6 Å². The molecule has 0 spiro atoms. The standard InChI is InChI=1S/C14H11ClN2/c1-9-6-10(8-11(15)7-9)14-16-12-4-2-3-5-13(12)17-14/h2-8H,1H3,(H,16,17). The van der Waals surface area contributed by atoms with Crippen LogP contribution < -0.4 is 0 Å². The topological polar surface area (TPSA) is 28.7 Å². The molecular formula is C14H11ClN2. The zero-order valence-corrected chi connectivity index (χ0v) is 10.1. The lowest BCUT2D eigenvalue weighted by atomic mass is 10.1. The maximum Gasteiger partial charge on any atom is 0.138 e. The Morgan fingerprint density at radius 1 is 1.12 bits per heavy atom. The third-order valence-corrected chi connectivity index (χ3v) is 2.92. The summed E-state index contributed by atoms with van der Waals surface area (Å²) in [7, 11) is 0. The van der Waals surface area contributed by atoms with E-state index in [4.69, 9.17) is 11.6 Å². The molecule has 3 aromatic rings. The van der Waals surface area contributed by atoms with Crippen molar-refractivity contribution in [2.24, 2.45) is 0 Å². The van der Waals surface area contributed by atoms with E-state index in [0.29, 0.717) is 0 Å². The van der Waals surface area contributed by atoms with Crippen molar-refractivity contribution in [2.45, 2.75) is 6.92 Å². The second-order valence-corrected chi connectivity index (χ2v) is 4.56. The van der Waals surface area contributed by atoms with Crippen LogP contribution in [-0.2, 0) is 0 Å². The fraction of sp³-hybridized carbons (Fsp3) is 0.0714. The molecule has 84 valence electrons. The van der Waals surface area contributed by atoms with Crippen LogP contribution in [0.3, 0.4) is 0 Å². The number of fused-ring (bicyclic) bond motifs is 1. The van der Waals surface area contributed by atoms with Gasteiger partial charge in [-0.25, -0.2) is 4.98 Å². The Kier molecular flexibility index (Phi) is 2.37. The van der Waals surface area contributed by atoms with Crippen molar-refractivity contribution in [2.75, 3.05) is 0 Å². The largest absolute Gasteiger partial charge is 0.338 e. The van der Waals surface area contributed by atoms with E-state index in [0.717, 1.165) is 33.0 Å². The van der Waals surface area contributed by atoms with E-state index in [-0.39, 0.29) is 0 Å². The highest BCUT2D eigenvalue weighted by atomic mass is 35.5. The van der Waals surface area contributed by atoms with Crippen LogP contribution in [0.2, 0.25) is 5.02 Å². The van der Waals surface area contributed by atoms with Crippen molar-refractivity contribution in [1.29, 1.82) is 0 Å². The molecule has 0 atom stereocenters. The number of benzene rings is 2. The molecule has 2 nitrogen and oxygen atoms in total. The SMILES string of the molecule is Cc1cc(Cl)cc(-c2nc3ccccc3[nH]2)c1. The highest BCUT2D eigenvalue weighted by Gasteiger charge is 2.05. The normalized spacial score (nSPS) is 10.9. The number of para-hydroxylation sites is 2. The minimum absolute atomic E-state index is 0.737. The summed E-state index contributed by atoms with van der Waals surface area (Å²) >= 11 is 6.06. The van der Waals surface area contributed by atoms with Gasteiger partial charge in [0.1, 0.15) is 5.82 Å². The van der Waals surface area contributed by atoms with Gasteiger partial charge in [0.25, 0.3) is 0 Å². The number of aryl methyl sites for hydroxylation is 1. The fourth-order valence-electron chi connectivity index (χ4n) is 1.96. The van der Waals surface area contributed by atoms with Crippen LogP contribution in [0.15, 0.2) is 42.5 Å². The molecule has 1 aromatic heterocycles. The number of aromatic amines is 1. The summed E-state index contributed by atoms with van der Waals surface area (Å²) in [6, 6.07) is 13.9. The van der Waals surface area contributed by atoms with Crippen LogP contribution in [0.1, 0.15) is 5.56 Å². The van der Waals surface area contributed by atoms with Crippen LogP contribution in [0.4, 0.5) is 0 Å². The van der Waals surface area contributed by atoms with Crippen LogP contribution >= 0.6 is 11.6 Å². The van der Waals surface area contributed by atoms with Crippen molar-refractivity contribution in [1.82, 2.24) is 9.97 Å². The Morgan fingerprint density at radius 3 is 2.71 bits per heavy atom. The number of hydrogen-bond donors (Lipinski definition) is 1. The average molecular weight is 243 g/mol. The van der Waals surface area contributed by atoms with Gasteiger partial charge in [0, 0.05) is 10.6 Å². The molecule has 0 amide bonds. The molecule has 1 N–H and O–H groups in total. The lowest BCUT2D eigenvalue weighted by Gasteiger charge is -2.00. The zero-order chi connectivity index (χ0) is 11.8. The molecule has 3 rings (SSSR count). The van der Waals surface area contributed by atoms with E-state index in [1.807, 2.05) is 43.3 Å². The summed E-state index contributed by atoms with van der Waals surface area (Å²) in [6.07, 6.45) is 0. The minimum Gasteiger partial charge on any atom is -0.338 e. The van der Waals surface area contributed by atoms with Gasteiger partial charge in [0.05, 0.1) is 11.0 Å². The zero-order valence-electron chi connectivity index (χ0n) is 9.37. The van der Waals surface area contributed by atoms with E-state index in [1.165, 1.54) is 0 Å². The molecule has 0 fully saturated rings. The second-order valence-electron chi connectivity index (χ2n) is 4.12. The number of imidazole rings is 1. The van der Waals surface area contributed by atoms with E-state index >= 15 is 0 Å². The lowest BCUT2D eigenvalue weighted by molar-refractivity contribution is 1.32. The fourth-order valence-corrected chi connectivity index (χ4v) is 2.25. The Morgan fingerprint density at radius 2 is 1.94 bits per heavy atom. The highest BCUT2D eigenvalue weighted by Crippen LogP contribution is 2.24. The van der Waals surface area contributed by atoms with Crippen molar-refractivity contribution in [3.8, 4) is 11.4 Å². The highest BCUT2D eigenvalue weighted by molar-refractivity contribution is 6.30. The Bertz CT molecular complexity index is 632. The molecule has 0 aliphatic rings. The van der Waals surface area contributed by atoms with Gasteiger partial charge in [-0.05, 0) is 42.8 Å². The number of hydrogen-bond acceptors (Lipinski definition) is 1.